The summed E-state index contributed by atoms with van der Waals surface area (Å²) in [4.78, 5) is 12.7. The quantitative estimate of drug-likeness (QED) is 0.681. The van der Waals surface area contributed by atoms with E-state index < -0.39 is 0 Å². The monoisotopic (exact) mass is 280 g/mol. The molecule has 0 spiro atoms. The third kappa shape index (κ3) is 2.84. The van der Waals surface area contributed by atoms with E-state index in [2.05, 4.69) is 25.6 Å². The van der Waals surface area contributed by atoms with E-state index in [0.29, 0.717) is 11.6 Å². The average molecular weight is 280 g/mol. The number of aromatic nitrogens is 3. The second-order valence-corrected chi connectivity index (χ2v) is 4.53. The SMILES string of the molecule is CCNc1cc(Nc2cccc3ncccc23)nc(N)n1. The van der Waals surface area contributed by atoms with Gasteiger partial charge in [-0.3, -0.25) is 4.98 Å². The summed E-state index contributed by atoms with van der Waals surface area (Å²) < 4.78 is 0. The van der Waals surface area contributed by atoms with Crippen molar-refractivity contribution in [2.75, 3.05) is 22.9 Å². The summed E-state index contributed by atoms with van der Waals surface area (Å²) >= 11 is 0. The highest BCUT2D eigenvalue weighted by Gasteiger charge is 2.05. The molecule has 3 aromatic rings. The van der Waals surface area contributed by atoms with Crippen LogP contribution < -0.4 is 16.4 Å². The zero-order valence-electron chi connectivity index (χ0n) is 11.7. The van der Waals surface area contributed by atoms with Gasteiger partial charge in [0, 0.05) is 29.9 Å². The Kier molecular flexibility index (Phi) is 3.51. The molecular weight excluding hydrogens is 264 g/mol. The fraction of sp³-hybridized carbons (Fsp3) is 0.133. The molecule has 2 heterocycles. The van der Waals surface area contributed by atoms with Crippen LogP contribution in [0.25, 0.3) is 10.9 Å². The smallest absolute Gasteiger partial charge is 0.223 e. The van der Waals surface area contributed by atoms with E-state index in [1.807, 2.05) is 43.3 Å². The fourth-order valence-corrected chi connectivity index (χ4v) is 2.15. The molecule has 1 aromatic carbocycles. The van der Waals surface area contributed by atoms with Crippen LogP contribution in [0.5, 0.6) is 0 Å². The number of rotatable bonds is 4. The van der Waals surface area contributed by atoms with Gasteiger partial charge in [-0.15, -0.1) is 0 Å². The lowest BCUT2D eigenvalue weighted by Crippen LogP contribution is -2.05. The van der Waals surface area contributed by atoms with Crippen LogP contribution in [-0.4, -0.2) is 21.5 Å². The van der Waals surface area contributed by atoms with Crippen molar-refractivity contribution in [2.24, 2.45) is 0 Å². The Labute approximate surface area is 122 Å². The molecule has 2 aromatic heterocycles. The van der Waals surface area contributed by atoms with Gasteiger partial charge in [0.25, 0.3) is 0 Å². The van der Waals surface area contributed by atoms with Crippen molar-refractivity contribution in [3.8, 4) is 0 Å². The number of hydrogen-bond acceptors (Lipinski definition) is 6. The summed E-state index contributed by atoms with van der Waals surface area (Å²) in [6, 6.07) is 11.7. The summed E-state index contributed by atoms with van der Waals surface area (Å²) in [5, 5.41) is 7.43. The number of fused-ring (bicyclic) bond motifs is 1. The molecule has 106 valence electrons. The maximum Gasteiger partial charge on any atom is 0.223 e. The van der Waals surface area contributed by atoms with Gasteiger partial charge in [0.1, 0.15) is 11.6 Å². The van der Waals surface area contributed by atoms with Crippen molar-refractivity contribution in [3.63, 3.8) is 0 Å². The first-order chi connectivity index (χ1) is 10.3. The number of pyridine rings is 1. The normalized spacial score (nSPS) is 10.5. The zero-order valence-corrected chi connectivity index (χ0v) is 11.7. The topological polar surface area (TPSA) is 88.8 Å². The molecule has 0 bridgehead atoms. The van der Waals surface area contributed by atoms with Crippen molar-refractivity contribution in [3.05, 3.63) is 42.6 Å². The number of nitrogens with two attached hydrogens (primary N) is 1. The van der Waals surface area contributed by atoms with Gasteiger partial charge in [-0.1, -0.05) is 6.07 Å². The minimum absolute atomic E-state index is 0.231. The number of nitrogen functional groups attached to an aromatic ring is 1. The molecule has 0 aliphatic heterocycles. The van der Waals surface area contributed by atoms with Gasteiger partial charge in [-0.25, -0.2) is 0 Å². The van der Waals surface area contributed by atoms with Gasteiger partial charge in [0.2, 0.25) is 5.95 Å². The minimum atomic E-state index is 0.231. The summed E-state index contributed by atoms with van der Waals surface area (Å²) in [5.74, 6) is 1.58. The van der Waals surface area contributed by atoms with Crippen LogP contribution >= 0.6 is 0 Å². The first kappa shape index (κ1) is 13.1. The zero-order chi connectivity index (χ0) is 14.7. The number of nitrogens with zero attached hydrogens (tertiary/aromatic N) is 3. The molecule has 0 atom stereocenters. The summed E-state index contributed by atoms with van der Waals surface area (Å²) in [6.45, 7) is 2.77. The van der Waals surface area contributed by atoms with Crippen molar-refractivity contribution in [1.29, 1.82) is 0 Å². The Bertz CT molecular complexity index is 766. The summed E-state index contributed by atoms with van der Waals surface area (Å²) in [6.07, 6.45) is 1.78. The number of hydrogen-bond donors (Lipinski definition) is 3. The van der Waals surface area contributed by atoms with Crippen LogP contribution in [0, 0.1) is 0 Å². The van der Waals surface area contributed by atoms with E-state index >= 15 is 0 Å². The molecule has 6 heteroatoms. The van der Waals surface area contributed by atoms with Gasteiger partial charge < -0.3 is 16.4 Å². The standard InChI is InChI=1S/C15H16N6/c1-2-17-13-9-14(21-15(16)20-13)19-12-7-3-6-11-10(12)5-4-8-18-11/h3-9H,2H2,1H3,(H4,16,17,19,20,21). The van der Waals surface area contributed by atoms with Gasteiger partial charge in [0.15, 0.2) is 0 Å². The van der Waals surface area contributed by atoms with Crippen LogP contribution in [0.1, 0.15) is 6.92 Å². The van der Waals surface area contributed by atoms with Gasteiger partial charge in [0.05, 0.1) is 5.52 Å². The Morgan fingerprint density at radius 2 is 1.95 bits per heavy atom. The van der Waals surface area contributed by atoms with Gasteiger partial charge in [-0.05, 0) is 31.2 Å². The van der Waals surface area contributed by atoms with Crippen molar-refractivity contribution >= 4 is 34.2 Å². The third-order valence-corrected chi connectivity index (χ3v) is 3.01. The van der Waals surface area contributed by atoms with E-state index in [-0.39, 0.29) is 5.95 Å². The largest absolute Gasteiger partial charge is 0.370 e. The van der Waals surface area contributed by atoms with E-state index in [0.717, 1.165) is 23.1 Å². The van der Waals surface area contributed by atoms with Crippen molar-refractivity contribution in [2.45, 2.75) is 6.92 Å². The Balaban J connectivity index is 1.98. The number of anilines is 4. The van der Waals surface area contributed by atoms with E-state index in [4.69, 9.17) is 5.73 Å². The third-order valence-electron chi connectivity index (χ3n) is 3.01. The van der Waals surface area contributed by atoms with Crippen LogP contribution in [-0.2, 0) is 0 Å². The fourth-order valence-electron chi connectivity index (χ4n) is 2.15. The average Bonchev–Trinajstić information content (AvgIpc) is 2.47. The highest BCUT2D eigenvalue weighted by molar-refractivity contribution is 5.92. The molecule has 0 aliphatic rings. The van der Waals surface area contributed by atoms with Crippen LogP contribution in [0.2, 0.25) is 0 Å². The van der Waals surface area contributed by atoms with E-state index in [9.17, 15) is 0 Å². The first-order valence-electron chi connectivity index (χ1n) is 6.75. The second kappa shape index (κ2) is 5.62. The molecule has 0 saturated carbocycles. The molecule has 0 aliphatic carbocycles. The van der Waals surface area contributed by atoms with Gasteiger partial charge >= 0.3 is 0 Å². The Morgan fingerprint density at radius 1 is 1.10 bits per heavy atom. The predicted molar refractivity (Wildman–Crippen MR) is 85.6 cm³/mol. The van der Waals surface area contributed by atoms with Gasteiger partial charge in [-0.2, -0.15) is 9.97 Å². The number of benzene rings is 1. The van der Waals surface area contributed by atoms with Crippen LogP contribution in [0.3, 0.4) is 0 Å². The molecule has 4 N–H and O–H groups in total. The van der Waals surface area contributed by atoms with Crippen molar-refractivity contribution < 1.29 is 0 Å². The Morgan fingerprint density at radius 3 is 2.81 bits per heavy atom. The molecular formula is C15H16N6. The predicted octanol–water partition coefficient (Wildman–Crippen LogP) is 2.78. The van der Waals surface area contributed by atoms with Crippen LogP contribution in [0.4, 0.5) is 23.3 Å². The lowest BCUT2D eigenvalue weighted by Gasteiger charge is -2.10. The second-order valence-electron chi connectivity index (χ2n) is 4.53. The molecule has 0 unspecified atom stereocenters. The summed E-state index contributed by atoms with van der Waals surface area (Å²) in [5.41, 5.74) is 7.60. The molecule has 0 saturated heterocycles. The maximum absolute atomic E-state index is 5.74. The lowest BCUT2D eigenvalue weighted by molar-refractivity contribution is 1.12. The number of nitrogens with one attached hydrogen (secondary N) is 2. The maximum atomic E-state index is 5.74. The van der Waals surface area contributed by atoms with Crippen molar-refractivity contribution in [1.82, 2.24) is 15.0 Å². The molecule has 0 amide bonds. The first-order valence-corrected chi connectivity index (χ1v) is 6.75. The van der Waals surface area contributed by atoms with Crippen LogP contribution in [0.15, 0.2) is 42.6 Å². The Hall–Kier alpha value is -2.89. The minimum Gasteiger partial charge on any atom is -0.370 e. The summed E-state index contributed by atoms with van der Waals surface area (Å²) in [7, 11) is 0. The highest BCUT2D eigenvalue weighted by atomic mass is 15.1. The molecule has 0 radical (unpaired) electrons. The molecule has 3 rings (SSSR count). The van der Waals surface area contributed by atoms with E-state index in [1.54, 1.807) is 6.20 Å². The highest BCUT2D eigenvalue weighted by Crippen LogP contribution is 2.25. The molecule has 6 nitrogen and oxygen atoms in total. The molecule has 21 heavy (non-hydrogen) atoms. The molecule has 0 fully saturated rings. The lowest BCUT2D eigenvalue weighted by atomic mass is 10.2. The van der Waals surface area contributed by atoms with E-state index in [1.165, 1.54) is 0 Å².